The number of aryl methyl sites for hydroxylation is 1. The van der Waals surface area contributed by atoms with Crippen LogP contribution < -0.4 is 16.0 Å². The van der Waals surface area contributed by atoms with Gasteiger partial charge in [0.25, 0.3) is 0 Å². The maximum absolute atomic E-state index is 11.0. The molecular weight excluding hydrogens is 262 g/mol. The van der Waals surface area contributed by atoms with Gasteiger partial charge in [0, 0.05) is 6.07 Å². The lowest BCUT2D eigenvalue weighted by atomic mass is 10.2. The number of nitrogens with zero attached hydrogens (tertiary/aromatic N) is 3. The van der Waals surface area contributed by atoms with E-state index >= 15 is 0 Å². The smallest absolute Gasteiger partial charge is 0.311 e. The second-order valence-electron chi connectivity index (χ2n) is 4.13. The Morgan fingerprint density at radius 3 is 2.75 bits per heavy atom. The summed E-state index contributed by atoms with van der Waals surface area (Å²) in [5.74, 6) is 6.02. The highest BCUT2D eigenvalue weighted by Crippen LogP contribution is 2.33. The zero-order valence-electron chi connectivity index (χ0n) is 11.0. The molecule has 20 heavy (non-hydrogen) atoms. The Morgan fingerprint density at radius 2 is 2.10 bits per heavy atom. The minimum Gasteiger partial charge on any atom is -0.431 e. The van der Waals surface area contributed by atoms with Crippen molar-refractivity contribution in [2.24, 2.45) is 5.84 Å². The van der Waals surface area contributed by atoms with E-state index in [9.17, 15) is 10.1 Å². The summed E-state index contributed by atoms with van der Waals surface area (Å²) in [6, 6.07) is 4.69. The lowest BCUT2D eigenvalue weighted by Gasteiger charge is -2.10. The summed E-state index contributed by atoms with van der Waals surface area (Å²) < 4.78 is 5.51. The molecule has 8 heteroatoms. The van der Waals surface area contributed by atoms with Crippen molar-refractivity contribution >= 4 is 11.5 Å². The second kappa shape index (κ2) is 5.49. The molecule has 0 saturated carbocycles. The van der Waals surface area contributed by atoms with E-state index in [2.05, 4.69) is 15.4 Å². The summed E-state index contributed by atoms with van der Waals surface area (Å²) >= 11 is 0. The molecule has 0 saturated heterocycles. The third-order valence-electron chi connectivity index (χ3n) is 2.69. The Kier molecular flexibility index (Phi) is 3.76. The number of anilines is 1. The van der Waals surface area contributed by atoms with Crippen LogP contribution in [0.2, 0.25) is 0 Å². The number of benzene rings is 1. The van der Waals surface area contributed by atoms with E-state index in [1.54, 1.807) is 19.9 Å². The number of nitrogens with one attached hydrogen (secondary N) is 1. The number of ether oxygens (including phenoxy) is 1. The predicted octanol–water partition coefficient (Wildman–Crippen LogP) is 2.08. The van der Waals surface area contributed by atoms with Gasteiger partial charge in [-0.05, 0) is 25.5 Å². The van der Waals surface area contributed by atoms with Crippen LogP contribution in [-0.4, -0.2) is 14.9 Å². The fraction of sp³-hybridized carbons (Fsp3) is 0.167. The fourth-order valence-corrected chi connectivity index (χ4v) is 1.64. The second-order valence-corrected chi connectivity index (χ2v) is 4.13. The van der Waals surface area contributed by atoms with Crippen molar-refractivity contribution in [2.75, 3.05) is 5.43 Å². The molecule has 1 aromatic carbocycles. The quantitative estimate of drug-likeness (QED) is 0.498. The number of hydrogen-bond acceptors (Lipinski definition) is 7. The van der Waals surface area contributed by atoms with Crippen LogP contribution in [0.15, 0.2) is 24.5 Å². The summed E-state index contributed by atoms with van der Waals surface area (Å²) in [5.41, 5.74) is 3.61. The van der Waals surface area contributed by atoms with E-state index in [4.69, 9.17) is 10.6 Å². The first-order valence-electron chi connectivity index (χ1n) is 5.74. The Labute approximate surface area is 114 Å². The Bertz CT molecular complexity index is 660. The molecule has 2 aromatic rings. The van der Waals surface area contributed by atoms with Crippen molar-refractivity contribution in [1.82, 2.24) is 9.97 Å². The molecule has 1 aromatic heterocycles. The molecule has 8 nitrogen and oxygen atoms in total. The number of hydrazine groups is 1. The summed E-state index contributed by atoms with van der Waals surface area (Å²) in [6.07, 6.45) is 1.26. The van der Waals surface area contributed by atoms with Crippen LogP contribution >= 0.6 is 0 Å². The normalized spacial score (nSPS) is 10.2. The van der Waals surface area contributed by atoms with Crippen LogP contribution in [0.4, 0.5) is 11.5 Å². The number of nitro groups is 1. The molecule has 0 aliphatic heterocycles. The van der Waals surface area contributed by atoms with Gasteiger partial charge in [0.05, 0.1) is 10.5 Å². The van der Waals surface area contributed by atoms with Crippen LogP contribution in [0.5, 0.6) is 11.6 Å². The van der Waals surface area contributed by atoms with Crippen LogP contribution in [0.3, 0.4) is 0 Å². The molecule has 0 unspecified atom stereocenters. The highest BCUT2D eigenvalue weighted by molar-refractivity contribution is 5.52. The highest BCUT2D eigenvalue weighted by Gasteiger charge is 2.18. The van der Waals surface area contributed by atoms with Crippen molar-refractivity contribution in [2.45, 2.75) is 13.8 Å². The van der Waals surface area contributed by atoms with Gasteiger partial charge in [0.2, 0.25) is 11.6 Å². The molecule has 0 aliphatic rings. The number of hydrogen-bond donors (Lipinski definition) is 2. The molecule has 0 radical (unpaired) electrons. The third-order valence-corrected chi connectivity index (χ3v) is 2.69. The Morgan fingerprint density at radius 1 is 1.35 bits per heavy atom. The van der Waals surface area contributed by atoms with Gasteiger partial charge in [-0.15, -0.1) is 0 Å². The summed E-state index contributed by atoms with van der Waals surface area (Å²) in [5, 5.41) is 11.0. The number of rotatable bonds is 4. The van der Waals surface area contributed by atoms with E-state index in [-0.39, 0.29) is 17.3 Å². The number of nitrogen functional groups attached to an aromatic ring is 1. The predicted molar refractivity (Wildman–Crippen MR) is 72.5 cm³/mol. The molecule has 3 N–H and O–H groups in total. The van der Waals surface area contributed by atoms with E-state index in [0.717, 1.165) is 5.56 Å². The van der Waals surface area contributed by atoms with Gasteiger partial charge >= 0.3 is 5.69 Å². The zero-order chi connectivity index (χ0) is 14.7. The summed E-state index contributed by atoms with van der Waals surface area (Å²) in [4.78, 5) is 18.4. The largest absolute Gasteiger partial charge is 0.431 e. The van der Waals surface area contributed by atoms with Gasteiger partial charge in [0.1, 0.15) is 12.1 Å². The zero-order valence-corrected chi connectivity index (χ0v) is 11.0. The van der Waals surface area contributed by atoms with Gasteiger partial charge in [-0.3, -0.25) is 10.1 Å². The van der Waals surface area contributed by atoms with Gasteiger partial charge in [0.15, 0.2) is 0 Å². The topological polar surface area (TPSA) is 116 Å². The van der Waals surface area contributed by atoms with Gasteiger partial charge in [-0.25, -0.2) is 15.8 Å². The summed E-state index contributed by atoms with van der Waals surface area (Å²) in [6.45, 7) is 3.47. The van der Waals surface area contributed by atoms with Crippen LogP contribution in [0.25, 0.3) is 0 Å². The molecule has 1 heterocycles. The van der Waals surface area contributed by atoms with Crippen molar-refractivity contribution in [3.05, 3.63) is 45.8 Å². The van der Waals surface area contributed by atoms with E-state index in [1.807, 2.05) is 0 Å². The monoisotopic (exact) mass is 275 g/mol. The molecule has 0 atom stereocenters. The van der Waals surface area contributed by atoms with E-state index < -0.39 is 4.92 Å². The standard InChI is InChI=1S/C12H13N5O3/c1-7-3-4-10(9(5-7)17(18)19)20-12-8(2)11(16-13)14-6-15-12/h3-6H,13H2,1-2H3,(H,14,15,16). The van der Waals surface area contributed by atoms with Crippen molar-refractivity contribution < 1.29 is 9.66 Å². The maximum atomic E-state index is 11.0. The average Bonchev–Trinajstić information content (AvgIpc) is 2.42. The lowest BCUT2D eigenvalue weighted by Crippen LogP contribution is -2.11. The molecule has 0 spiro atoms. The Balaban J connectivity index is 2.42. The average molecular weight is 275 g/mol. The van der Waals surface area contributed by atoms with Crippen LogP contribution in [0.1, 0.15) is 11.1 Å². The molecule has 104 valence electrons. The van der Waals surface area contributed by atoms with Crippen LogP contribution in [0, 0.1) is 24.0 Å². The van der Waals surface area contributed by atoms with Crippen molar-refractivity contribution in [3.8, 4) is 11.6 Å². The molecular formula is C12H13N5O3. The highest BCUT2D eigenvalue weighted by atomic mass is 16.6. The number of nitro benzene ring substituents is 1. The minimum atomic E-state index is -0.499. The SMILES string of the molecule is Cc1ccc(Oc2ncnc(NN)c2C)c([N+](=O)[O-])c1. The molecule has 0 aliphatic carbocycles. The first-order valence-corrected chi connectivity index (χ1v) is 5.74. The third kappa shape index (κ3) is 2.64. The molecule has 0 fully saturated rings. The maximum Gasteiger partial charge on any atom is 0.311 e. The fourth-order valence-electron chi connectivity index (χ4n) is 1.64. The molecule has 0 amide bonds. The summed E-state index contributed by atoms with van der Waals surface area (Å²) in [7, 11) is 0. The molecule has 2 rings (SSSR count). The minimum absolute atomic E-state index is 0.116. The van der Waals surface area contributed by atoms with Crippen LogP contribution in [-0.2, 0) is 0 Å². The van der Waals surface area contributed by atoms with Gasteiger partial charge < -0.3 is 10.2 Å². The molecule has 0 bridgehead atoms. The Hall–Kier alpha value is -2.74. The first kappa shape index (κ1) is 13.7. The number of nitrogens with two attached hydrogens (primary N) is 1. The van der Waals surface area contributed by atoms with Gasteiger partial charge in [-0.2, -0.15) is 0 Å². The van der Waals surface area contributed by atoms with Crippen molar-refractivity contribution in [3.63, 3.8) is 0 Å². The first-order chi connectivity index (χ1) is 9.52. The van der Waals surface area contributed by atoms with E-state index in [0.29, 0.717) is 11.4 Å². The lowest BCUT2D eigenvalue weighted by molar-refractivity contribution is -0.385. The number of aromatic nitrogens is 2. The van der Waals surface area contributed by atoms with Gasteiger partial charge in [-0.1, -0.05) is 6.07 Å². The van der Waals surface area contributed by atoms with E-state index in [1.165, 1.54) is 18.5 Å². The van der Waals surface area contributed by atoms with Crippen molar-refractivity contribution in [1.29, 1.82) is 0 Å².